The number of amides is 1. The quantitative estimate of drug-likeness (QED) is 0.339. The Morgan fingerprint density at radius 1 is 1.00 bits per heavy atom. The molecule has 2 aromatic rings. The van der Waals surface area contributed by atoms with Crippen LogP contribution in [-0.4, -0.2) is 32.4 Å². The Morgan fingerprint density at radius 3 is 2.46 bits per heavy atom. The molecule has 0 spiro atoms. The van der Waals surface area contributed by atoms with E-state index in [9.17, 15) is 4.79 Å². The fourth-order valence-corrected chi connectivity index (χ4v) is 2.46. The first kappa shape index (κ1) is 21.3. The number of rotatable bonds is 12. The molecule has 0 aliphatic carbocycles. The van der Waals surface area contributed by atoms with Crippen LogP contribution in [0, 0.1) is 0 Å². The Bertz CT molecular complexity index is 744. The van der Waals surface area contributed by atoms with E-state index in [0.29, 0.717) is 11.5 Å². The van der Waals surface area contributed by atoms with Crippen molar-refractivity contribution in [1.82, 2.24) is 5.43 Å². The molecule has 1 N–H and O–H groups in total. The number of unbranched alkanes of at least 4 members (excludes halogenated alkanes) is 3. The summed E-state index contributed by atoms with van der Waals surface area (Å²) in [5, 5.41) is 3.95. The summed E-state index contributed by atoms with van der Waals surface area (Å²) in [6.07, 6.45) is 6.30. The average Bonchev–Trinajstić information content (AvgIpc) is 2.73. The molecule has 6 nitrogen and oxygen atoms in total. The van der Waals surface area contributed by atoms with E-state index in [0.717, 1.165) is 24.3 Å². The smallest absolute Gasteiger partial charge is 0.277 e. The molecule has 0 aliphatic heterocycles. The molecule has 2 rings (SSSR count). The lowest BCUT2D eigenvalue weighted by atomic mass is 10.2. The molecule has 0 atom stereocenters. The normalized spacial score (nSPS) is 10.6. The van der Waals surface area contributed by atoms with Crippen LogP contribution in [0.2, 0.25) is 0 Å². The zero-order chi connectivity index (χ0) is 20.0. The van der Waals surface area contributed by atoms with Crippen LogP contribution in [0.3, 0.4) is 0 Å². The minimum Gasteiger partial charge on any atom is -0.494 e. The Morgan fingerprint density at radius 2 is 1.75 bits per heavy atom. The monoisotopic (exact) mass is 384 g/mol. The highest BCUT2D eigenvalue weighted by atomic mass is 16.5. The summed E-state index contributed by atoms with van der Waals surface area (Å²) in [7, 11) is 1.55. The summed E-state index contributed by atoms with van der Waals surface area (Å²) < 4.78 is 16.3. The molecule has 0 saturated heterocycles. The van der Waals surface area contributed by atoms with Gasteiger partial charge >= 0.3 is 0 Å². The molecule has 6 heteroatoms. The van der Waals surface area contributed by atoms with Crippen LogP contribution in [0.15, 0.2) is 53.6 Å². The molecule has 0 aromatic heterocycles. The van der Waals surface area contributed by atoms with Gasteiger partial charge in [-0.1, -0.05) is 38.3 Å². The number of benzene rings is 2. The van der Waals surface area contributed by atoms with Crippen LogP contribution in [0.1, 0.15) is 38.2 Å². The van der Waals surface area contributed by atoms with Gasteiger partial charge in [0.15, 0.2) is 18.1 Å². The van der Waals surface area contributed by atoms with Gasteiger partial charge in [0, 0.05) is 0 Å². The summed E-state index contributed by atoms with van der Waals surface area (Å²) in [5.74, 6) is 1.57. The predicted molar refractivity (Wildman–Crippen MR) is 110 cm³/mol. The molecular weight excluding hydrogens is 356 g/mol. The first-order chi connectivity index (χ1) is 13.7. The van der Waals surface area contributed by atoms with Crippen molar-refractivity contribution in [1.29, 1.82) is 0 Å². The van der Waals surface area contributed by atoms with Crippen LogP contribution >= 0.6 is 0 Å². The lowest BCUT2D eigenvalue weighted by Gasteiger charge is -2.09. The minimum absolute atomic E-state index is 0.150. The molecule has 2 aromatic carbocycles. The summed E-state index contributed by atoms with van der Waals surface area (Å²) in [4.78, 5) is 11.8. The Hall–Kier alpha value is -3.02. The van der Waals surface area contributed by atoms with Crippen LogP contribution in [0.4, 0.5) is 0 Å². The second kappa shape index (κ2) is 12.4. The van der Waals surface area contributed by atoms with E-state index in [1.54, 1.807) is 25.5 Å². The molecule has 0 aliphatic rings. The van der Waals surface area contributed by atoms with Crippen molar-refractivity contribution in [2.75, 3.05) is 20.3 Å². The van der Waals surface area contributed by atoms with E-state index in [1.165, 1.54) is 19.3 Å². The van der Waals surface area contributed by atoms with Gasteiger partial charge in [-0.3, -0.25) is 4.79 Å². The van der Waals surface area contributed by atoms with Crippen molar-refractivity contribution in [2.24, 2.45) is 5.10 Å². The van der Waals surface area contributed by atoms with Gasteiger partial charge in [0.05, 0.1) is 19.9 Å². The van der Waals surface area contributed by atoms with Crippen LogP contribution in [0.25, 0.3) is 0 Å². The third kappa shape index (κ3) is 7.70. The van der Waals surface area contributed by atoms with Crippen molar-refractivity contribution < 1.29 is 19.0 Å². The number of nitrogens with zero attached hydrogens (tertiary/aromatic N) is 1. The van der Waals surface area contributed by atoms with Gasteiger partial charge in [0.2, 0.25) is 0 Å². The van der Waals surface area contributed by atoms with Gasteiger partial charge in [-0.2, -0.15) is 5.10 Å². The number of methoxy groups -OCH3 is 1. The molecule has 0 heterocycles. The van der Waals surface area contributed by atoms with Gasteiger partial charge in [-0.05, 0) is 48.4 Å². The molecule has 28 heavy (non-hydrogen) atoms. The molecule has 0 unspecified atom stereocenters. The van der Waals surface area contributed by atoms with Crippen molar-refractivity contribution in [2.45, 2.75) is 32.6 Å². The SMILES string of the molecule is CCCCCCOc1ccc(/C=N\NC(=O)COc2ccccc2OC)cc1. The van der Waals surface area contributed by atoms with E-state index < -0.39 is 0 Å². The largest absolute Gasteiger partial charge is 0.494 e. The maximum atomic E-state index is 11.8. The number of hydrogen-bond acceptors (Lipinski definition) is 5. The zero-order valence-corrected chi connectivity index (χ0v) is 16.5. The first-order valence-electron chi connectivity index (χ1n) is 9.53. The zero-order valence-electron chi connectivity index (χ0n) is 16.5. The number of ether oxygens (including phenoxy) is 3. The molecule has 0 radical (unpaired) electrons. The van der Waals surface area contributed by atoms with Crippen molar-refractivity contribution >= 4 is 12.1 Å². The van der Waals surface area contributed by atoms with Crippen molar-refractivity contribution in [3.05, 3.63) is 54.1 Å². The van der Waals surface area contributed by atoms with Gasteiger partial charge in [-0.15, -0.1) is 0 Å². The standard InChI is InChI=1S/C22H28N2O4/c1-3-4-5-8-15-27-19-13-11-18(12-14-19)16-23-24-22(25)17-28-21-10-7-6-9-20(21)26-2/h6-7,9-14,16H,3-5,8,15,17H2,1-2H3,(H,24,25)/b23-16-. The van der Waals surface area contributed by atoms with E-state index in [4.69, 9.17) is 14.2 Å². The van der Waals surface area contributed by atoms with Crippen molar-refractivity contribution in [3.8, 4) is 17.2 Å². The fraction of sp³-hybridized carbons (Fsp3) is 0.364. The highest BCUT2D eigenvalue weighted by Crippen LogP contribution is 2.25. The number of nitrogens with one attached hydrogen (secondary N) is 1. The number of carbonyl (C=O) groups is 1. The summed E-state index contributed by atoms with van der Waals surface area (Å²) >= 11 is 0. The number of hydrazone groups is 1. The Balaban J connectivity index is 1.70. The summed E-state index contributed by atoms with van der Waals surface area (Å²) in [5.41, 5.74) is 3.31. The van der Waals surface area contributed by atoms with Crippen LogP contribution in [-0.2, 0) is 4.79 Å². The number of carbonyl (C=O) groups excluding carboxylic acids is 1. The lowest BCUT2D eigenvalue weighted by molar-refractivity contribution is -0.123. The fourth-order valence-electron chi connectivity index (χ4n) is 2.46. The van der Waals surface area contributed by atoms with Gasteiger partial charge < -0.3 is 14.2 Å². The van der Waals surface area contributed by atoms with E-state index >= 15 is 0 Å². The van der Waals surface area contributed by atoms with Gasteiger partial charge in [-0.25, -0.2) is 5.43 Å². The highest BCUT2D eigenvalue weighted by molar-refractivity contribution is 5.83. The third-order valence-corrected chi connectivity index (χ3v) is 3.98. The second-order valence-corrected chi connectivity index (χ2v) is 6.21. The molecule has 150 valence electrons. The van der Waals surface area contributed by atoms with Gasteiger partial charge in [0.25, 0.3) is 5.91 Å². The van der Waals surface area contributed by atoms with E-state index in [1.807, 2.05) is 36.4 Å². The maximum Gasteiger partial charge on any atom is 0.277 e. The molecule has 0 fully saturated rings. The molecule has 1 amide bonds. The second-order valence-electron chi connectivity index (χ2n) is 6.21. The lowest BCUT2D eigenvalue weighted by Crippen LogP contribution is -2.24. The topological polar surface area (TPSA) is 69.2 Å². The first-order valence-corrected chi connectivity index (χ1v) is 9.53. The average molecular weight is 384 g/mol. The molecule has 0 saturated carbocycles. The molecule has 0 bridgehead atoms. The Labute approximate surface area is 166 Å². The summed E-state index contributed by atoms with van der Waals surface area (Å²) in [6.45, 7) is 2.77. The number of hydrogen-bond donors (Lipinski definition) is 1. The van der Waals surface area contributed by atoms with Crippen LogP contribution < -0.4 is 19.6 Å². The highest BCUT2D eigenvalue weighted by Gasteiger charge is 2.05. The van der Waals surface area contributed by atoms with Crippen molar-refractivity contribution in [3.63, 3.8) is 0 Å². The van der Waals surface area contributed by atoms with E-state index in [-0.39, 0.29) is 12.5 Å². The predicted octanol–water partition coefficient (Wildman–Crippen LogP) is 4.18. The minimum atomic E-state index is -0.353. The maximum absolute atomic E-state index is 11.8. The third-order valence-electron chi connectivity index (χ3n) is 3.98. The van der Waals surface area contributed by atoms with Gasteiger partial charge in [0.1, 0.15) is 5.75 Å². The number of para-hydroxylation sites is 2. The van der Waals surface area contributed by atoms with E-state index in [2.05, 4.69) is 17.5 Å². The summed E-state index contributed by atoms with van der Waals surface area (Å²) in [6, 6.07) is 14.7. The van der Waals surface area contributed by atoms with Crippen LogP contribution in [0.5, 0.6) is 17.2 Å². The Kier molecular flexibility index (Phi) is 9.41. The molecular formula is C22H28N2O4.